The van der Waals surface area contributed by atoms with Gasteiger partial charge >= 0.3 is 0 Å². The summed E-state index contributed by atoms with van der Waals surface area (Å²) in [6.45, 7) is 3.75. The number of Topliss-reactive ketones (excluding diaryl/α,β-unsaturated/α-hetero) is 2. The number of ketones is 2. The van der Waals surface area contributed by atoms with Gasteiger partial charge in [0.2, 0.25) is 5.89 Å². The van der Waals surface area contributed by atoms with Crippen LogP contribution in [-0.2, 0) is 4.79 Å². The quantitative estimate of drug-likeness (QED) is 0.429. The molecular formula is C22H22N6O3. The zero-order valence-corrected chi connectivity index (χ0v) is 17.3. The van der Waals surface area contributed by atoms with Crippen molar-refractivity contribution < 1.29 is 14.0 Å². The molecule has 4 rings (SSSR count). The minimum absolute atomic E-state index is 0.00339. The van der Waals surface area contributed by atoms with Crippen LogP contribution in [0.3, 0.4) is 0 Å². The molecule has 4 heterocycles. The van der Waals surface area contributed by atoms with Crippen LogP contribution in [0.4, 0.5) is 5.82 Å². The second kappa shape index (κ2) is 8.47. The van der Waals surface area contributed by atoms with E-state index in [4.69, 9.17) is 10.2 Å². The fourth-order valence-corrected chi connectivity index (χ4v) is 3.33. The Balaban J connectivity index is 1.77. The van der Waals surface area contributed by atoms with E-state index in [1.807, 2.05) is 29.7 Å². The molecule has 0 spiro atoms. The first-order valence-electron chi connectivity index (χ1n) is 10.0. The van der Waals surface area contributed by atoms with Crippen LogP contribution in [0.15, 0.2) is 41.4 Å². The highest BCUT2D eigenvalue weighted by Gasteiger charge is 2.22. The summed E-state index contributed by atoms with van der Waals surface area (Å²) >= 11 is 0. The number of nitrogen functional groups attached to an aromatic ring is 1. The second-order valence-electron chi connectivity index (χ2n) is 7.21. The molecule has 0 atom stereocenters. The van der Waals surface area contributed by atoms with Gasteiger partial charge in [-0.15, -0.1) is 0 Å². The van der Waals surface area contributed by atoms with Gasteiger partial charge in [0, 0.05) is 42.9 Å². The number of carbonyl (C=O) groups is 2. The van der Waals surface area contributed by atoms with Crippen LogP contribution < -0.4 is 5.73 Å². The third-order valence-electron chi connectivity index (χ3n) is 5.04. The molecule has 158 valence electrons. The Morgan fingerprint density at radius 2 is 1.97 bits per heavy atom. The minimum atomic E-state index is -0.256. The maximum absolute atomic E-state index is 12.8. The number of carbonyl (C=O) groups excluding carboxylic acids is 2. The summed E-state index contributed by atoms with van der Waals surface area (Å²) in [5, 5.41) is 0. The molecule has 0 aliphatic heterocycles. The maximum atomic E-state index is 12.8. The molecule has 0 saturated carbocycles. The number of nitrogens with two attached hydrogens (primary N) is 1. The summed E-state index contributed by atoms with van der Waals surface area (Å²) in [5.74, 6) is 0.123. The van der Waals surface area contributed by atoms with Gasteiger partial charge in [0.05, 0.1) is 6.20 Å². The summed E-state index contributed by atoms with van der Waals surface area (Å²) in [6.07, 6.45) is 8.02. The van der Waals surface area contributed by atoms with Crippen LogP contribution >= 0.6 is 0 Å². The Bertz CT molecular complexity index is 1260. The standard InChI is InChI=1S/C22H22N6O3/c1-3-15(29)5-4-6-16(30)19-21(23)27-20(22-24-9-10-31-22)18(26-19)14-7-8-17-25-11-13(2)28(17)12-14/h7-12H,3-6H2,1-2H3,(H2,23,27). The predicted molar refractivity (Wildman–Crippen MR) is 114 cm³/mol. The Kier molecular flexibility index (Phi) is 5.57. The van der Waals surface area contributed by atoms with E-state index in [0.29, 0.717) is 36.2 Å². The van der Waals surface area contributed by atoms with Crippen LogP contribution in [0.25, 0.3) is 28.5 Å². The normalized spacial score (nSPS) is 11.2. The lowest BCUT2D eigenvalue weighted by Gasteiger charge is -2.11. The predicted octanol–water partition coefficient (Wildman–Crippen LogP) is 3.67. The molecule has 0 aliphatic carbocycles. The van der Waals surface area contributed by atoms with Crippen molar-refractivity contribution in [2.24, 2.45) is 0 Å². The van der Waals surface area contributed by atoms with E-state index in [0.717, 1.165) is 11.3 Å². The first kappa shape index (κ1) is 20.4. The smallest absolute Gasteiger partial charge is 0.247 e. The first-order chi connectivity index (χ1) is 15.0. The molecule has 0 unspecified atom stereocenters. The van der Waals surface area contributed by atoms with Crippen molar-refractivity contribution >= 4 is 23.0 Å². The molecule has 4 aromatic rings. The molecule has 9 nitrogen and oxygen atoms in total. The Labute approximate surface area is 178 Å². The maximum Gasteiger partial charge on any atom is 0.247 e. The topological polar surface area (TPSA) is 129 Å². The van der Waals surface area contributed by atoms with Crippen molar-refractivity contribution in [1.82, 2.24) is 24.3 Å². The zero-order valence-electron chi connectivity index (χ0n) is 17.3. The average Bonchev–Trinajstić information content (AvgIpc) is 3.43. The number of hydrogen-bond donors (Lipinski definition) is 1. The summed E-state index contributed by atoms with van der Waals surface area (Å²) < 4.78 is 7.35. The minimum Gasteiger partial charge on any atom is -0.443 e. The highest BCUT2D eigenvalue weighted by molar-refractivity contribution is 5.99. The third-order valence-corrected chi connectivity index (χ3v) is 5.04. The molecular weight excluding hydrogens is 396 g/mol. The first-order valence-corrected chi connectivity index (χ1v) is 10.0. The number of fused-ring (bicyclic) bond motifs is 1. The largest absolute Gasteiger partial charge is 0.443 e. The van der Waals surface area contributed by atoms with Gasteiger partial charge in [-0.2, -0.15) is 0 Å². The highest BCUT2D eigenvalue weighted by Crippen LogP contribution is 2.31. The van der Waals surface area contributed by atoms with Gasteiger partial charge in [0.15, 0.2) is 17.3 Å². The lowest BCUT2D eigenvalue weighted by atomic mass is 10.1. The number of pyridine rings is 1. The fourth-order valence-electron chi connectivity index (χ4n) is 3.33. The van der Waals surface area contributed by atoms with Gasteiger partial charge in [-0.3, -0.25) is 9.59 Å². The number of hydrogen-bond acceptors (Lipinski definition) is 8. The Morgan fingerprint density at radius 3 is 2.71 bits per heavy atom. The molecule has 0 radical (unpaired) electrons. The molecule has 31 heavy (non-hydrogen) atoms. The Hall–Kier alpha value is -3.88. The van der Waals surface area contributed by atoms with E-state index >= 15 is 0 Å². The lowest BCUT2D eigenvalue weighted by Crippen LogP contribution is -2.12. The number of oxazole rings is 1. The zero-order chi connectivity index (χ0) is 22.0. The average molecular weight is 418 g/mol. The second-order valence-corrected chi connectivity index (χ2v) is 7.21. The molecule has 4 aromatic heterocycles. The number of rotatable bonds is 8. The lowest BCUT2D eigenvalue weighted by molar-refractivity contribution is -0.118. The van der Waals surface area contributed by atoms with E-state index in [1.165, 1.54) is 12.5 Å². The molecule has 0 bridgehead atoms. The molecule has 0 fully saturated rings. The number of aryl methyl sites for hydroxylation is 1. The fraction of sp³-hybridized carbons (Fsp3) is 0.273. The van der Waals surface area contributed by atoms with Gasteiger partial charge in [0.25, 0.3) is 0 Å². The van der Waals surface area contributed by atoms with Crippen LogP contribution in [0.2, 0.25) is 0 Å². The van der Waals surface area contributed by atoms with Gasteiger partial charge in [0.1, 0.15) is 29.1 Å². The highest BCUT2D eigenvalue weighted by atomic mass is 16.3. The van der Waals surface area contributed by atoms with Crippen molar-refractivity contribution in [3.05, 3.63) is 48.4 Å². The van der Waals surface area contributed by atoms with Gasteiger partial charge in [-0.1, -0.05) is 6.92 Å². The van der Waals surface area contributed by atoms with Crippen LogP contribution in [0, 0.1) is 6.92 Å². The van der Waals surface area contributed by atoms with E-state index in [9.17, 15) is 9.59 Å². The SMILES string of the molecule is CCC(=O)CCCC(=O)c1nc(-c2ccc3ncc(C)n3c2)c(-c2ncco2)nc1N. The number of imidazole rings is 1. The van der Waals surface area contributed by atoms with Crippen molar-refractivity contribution in [1.29, 1.82) is 0 Å². The van der Waals surface area contributed by atoms with Crippen molar-refractivity contribution in [3.63, 3.8) is 0 Å². The van der Waals surface area contributed by atoms with Crippen molar-refractivity contribution in [2.75, 3.05) is 5.73 Å². The molecule has 2 N–H and O–H groups in total. The van der Waals surface area contributed by atoms with E-state index in [-0.39, 0.29) is 35.4 Å². The van der Waals surface area contributed by atoms with Crippen LogP contribution in [-0.4, -0.2) is 35.9 Å². The summed E-state index contributed by atoms with van der Waals surface area (Å²) in [4.78, 5) is 41.8. The van der Waals surface area contributed by atoms with E-state index < -0.39 is 0 Å². The van der Waals surface area contributed by atoms with Crippen molar-refractivity contribution in [2.45, 2.75) is 39.5 Å². The summed E-state index contributed by atoms with van der Waals surface area (Å²) in [7, 11) is 0. The van der Waals surface area contributed by atoms with Gasteiger partial charge in [-0.25, -0.2) is 19.9 Å². The molecule has 0 saturated heterocycles. The summed E-state index contributed by atoms with van der Waals surface area (Å²) in [6, 6.07) is 3.71. The van der Waals surface area contributed by atoms with E-state index in [2.05, 4.69) is 19.9 Å². The third kappa shape index (κ3) is 4.07. The van der Waals surface area contributed by atoms with Gasteiger partial charge in [-0.05, 0) is 25.5 Å². The van der Waals surface area contributed by atoms with Crippen molar-refractivity contribution in [3.8, 4) is 22.8 Å². The molecule has 0 aromatic carbocycles. The van der Waals surface area contributed by atoms with Crippen LogP contribution in [0.1, 0.15) is 48.8 Å². The molecule has 9 heteroatoms. The summed E-state index contributed by atoms with van der Waals surface area (Å²) in [5.41, 5.74) is 9.40. The molecule has 0 amide bonds. The van der Waals surface area contributed by atoms with Gasteiger partial charge < -0.3 is 14.6 Å². The molecule has 0 aliphatic rings. The van der Waals surface area contributed by atoms with Crippen LogP contribution in [0.5, 0.6) is 0 Å². The number of nitrogens with zero attached hydrogens (tertiary/aromatic N) is 5. The monoisotopic (exact) mass is 418 g/mol. The Morgan fingerprint density at radius 1 is 1.13 bits per heavy atom. The number of aromatic nitrogens is 5. The number of anilines is 1. The van der Waals surface area contributed by atoms with E-state index in [1.54, 1.807) is 13.1 Å².